The number of methoxy groups -OCH3 is 1. The molecule has 3 nitrogen and oxygen atoms in total. The lowest BCUT2D eigenvalue weighted by atomic mass is 10.2. The van der Waals surface area contributed by atoms with Crippen molar-refractivity contribution in [3.63, 3.8) is 0 Å². The van der Waals surface area contributed by atoms with E-state index in [9.17, 15) is 4.39 Å². The van der Waals surface area contributed by atoms with E-state index >= 15 is 0 Å². The molecular formula is C13H11ClFNO2. The Labute approximate surface area is 109 Å². The largest absolute Gasteiger partial charge is 0.494 e. The number of hydrogen-bond acceptors (Lipinski definition) is 3. The lowest BCUT2D eigenvalue weighted by Gasteiger charge is -2.07. The van der Waals surface area contributed by atoms with Gasteiger partial charge in [0.2, 0.25) is 0 Å². The highest BCUT2D eigenvalue weighted by atomic mass is 35.5. The van der Waals surface area contributed by atoms with Crippen LogP contribution in [0.3, 0.4) is 0 Å². The Bertz CT molecular complexity index is 531. The third-order valence-electron chi connectivity index (χ3n) is 2.32. The fourth-order valence-corrected chi connectivity index (χ4v) is 1.53. The van der Waals surface area contributed by atoms with Crippen LogP contribution in [0.4, 0.5) is 4.39 Å². The molecule has 0 fully saturated rings. The summed E-state index contributed by atoms with van der Waals surface area (Å²) in [5.74, 6) is 0.385. The van der Waals surface area contributed by atoms with Crippen LogP contribution >= 0.6 is 11.6 Å². The molecule has 1 aromatic heterocycles. The Morgan fingerprint density at radius 2 is 2.11 bits per heavy atom. The molecule has 0 aliphatic heterocycles. The predicted octanol–water partition coefficient (Wildman–Crippen LogP) is 3.46. The van der Waals surface area contributed by atoms with E-state index in [1.54, 1.807) is 24.3 Å². The predicted molar refractivity (Wildman–Crippen MR) is 66.5 cm³/mol. The van der Waals surface area contributed by atoms with Crippen LogP contribution in [-0.4, -0.2) is 12.1 Å². The van der Waals surface area contributed by atoms with Crippen LogP contribution in [-0.2, 0) is 6.61 Å². The van der Waals surface area contributed by atoms with Gasteiger partial charge >= 0.3 is 0 Å². The number of aromatic nitrogens is 1. The van der Waals surface area contributed by atoms with E-state index < -0.39 is 5.82 Å². The maximum atomic E-state index is 13.4. The minimum absolute atomic E-state index is 0.215. The van der Waals surface area contributed by atoms with E-state index in [4.69, 9.17) is 21.1 Å². The number of pyridine rings is 1. The number of benzene rings is 1. The number of hydrogen-bond donors (Lipinski definition) is 0. The molecule has 5 heteroatoms. The third kappa shape index (κ3) is 3.11. The molecule has 0 atom stereocenters. The van der Waals surface area contributed by atoms with E-state index in [0.717, 1.165) is 0 Å². The first kappa shape index (κ1) is 12.6. The third-order valence-corrected chi connectivity index (χ3v) is 2.55. The minimum Gasteiger partial charge on any atom is -0.494 e. The van der Waals surface area contributed by atoms with Gasteiger partial charge in [0.05, 0.1) is 13.3 Å². The summed E-state index contributed by atoms with van der Waals surface area (Å²) in [6, 6.07) is 8.02. The van der Waals surface area contributed by atoms with Crippen molar-refractivity contribution in [3.8, 4) is 11.5 Å². The van der Waals surface area contributed by atoms with Crippen molar-refractivity contribution in [2.75, 3.05) is 7.11 Å². The number of rotatable bonds is 4. The van der Waals surface area contributed by atoms with Gasteiger partial charge in [-0.2, -0.15) is 0 Å². The summed E-state index contributed by atoms with van der Waals surface area (Å²) in [4.78, 5) is 3.88. The zero-order valence-electron chi connectivity index (χ0n) is 9.69. The highest BCUT2D eigenvalue weighted by Gasteiger charge is 2.04. The van der Waals surface area contributed by atoms with Gasteiger partial charge < -0.3 is 9.47 Å². The first-order chi connectivity index (χ1) is 8.69. The van der Waals surface area contributed by atoms with Crippen LogP contribution in [0.1, 0.15) is 5.56 Å². The Morgan fingerprint density at radius 3 is 2.72 bits per heavy atom. The first-order valence-corrected chi connectivity index (χ1v) is 5.63. The average molecular weight is 268 g/mol. The number of ether oxygens (including phenoxy) is 2. The summed E-state index contributed by atoms with van der Waals surface area (Å²) in [6.07, 6.45) is 1.52. The standard InChI is InChI=1S/C13H11ClFNO2/c1-17-12-4-2-9(6-11(12)15)8-18-10-3-5-13(14)16-7-10/h2-7H,8H2,1H3. The lowest BCUT2D eigenvalue weighted by Crippen LogP contribution is -1.97. The Balaban J connectivity index is 2.02. The molecule has 0 saturated heterocycles. The molecule has 2 aromatic rings. The quantitative estimate of drug-likeness (QED) is 0.795. The van der Waals surface area contributed by atoms with E-state index in [2.05, 4.69) is 4.98 Å². The Morgan fingerprint density at radius 1 is 1.28 bits per heavy atom. The fraction of sp³-hybridized carbons (Fsp3) is 0.154. The first-order valence-electron chi connectivity index (χ1n) is 5.26. The highest BCUT2D eigenvalue weighted by Crippen LogP contribution is 2.19. The maximum Gasteiger partial charge on any atom is 0.165 e. The monoisotopic (exact) mass is 267 g/mol. The summed E-state index contributed by atoms with van der Waals surface area (Å²) in [6.45, 7) is 0.254. The van der Waals surface area contributed by atoms with E-state index in [-0.39, 0.29) is 12.4 Å². The van der Waals surface area contributed by atoms with Gasteiger partial charge in [0.15, 0.2) is 11.6 Å². The van der Waals surface area contributed by atoms with Crippen molar-refractivity contribution < 1.29 is 13.9 Å². The second-order valence-electron chi connectivity index (χ2n) is 3.57. The highest BCUT2D eigenvalue weighted by molar-refractivity contribution is 6.29. The van der Waals surface area contributed by atoms with Crippen molar-refractivity contribution in [3.05, 3.63) is 53.1 Å². The second-order valence-corrected chi connectivity index (χ2v) is 3.96. The van der Waals surface area contributed by atoms with Gasteiger partial charge in [-0.1, -0.05) is 17.7 Å². The summed E-state index contributed by atoms with van der Waals surface area (Å²) in [5.41, 5.74) is 0.711. The summed E-state index contributed by atoms with van der Waals surface area (Å²) < 4.78 is 23.7. The SMILES string of the molecule is COc1ccc(COc2ccc(Cl)nc2)cc1F. The van der Waals surface area contributed by atoms with Crippen molar-refractivity contribution >= 4 is 11.6 Å². The fourth-order valence-electron chi connectivity index (χ4n) is 1.41. The molecule has 18 heavy (non-hydrogen) atoms. The zero-order valence-corrected chi connectivity index (χ0v) is 10.4. The molecule has 0 unspecified atom stereocenters. The molecule has 0 amide bonds. The van der Waals surface area contributed by atoms with Gasteiger partial charge in [-0.05, 0) is 29.8 Å². The molecular weight excluding hydrogens is 257 g/mol. The number of halogens is 2. The van der Waals surface area contributed by atoms with Crippen LogP contribution in [0, 0.1) is 5.82 Å². The second kappa shape index (κ2) is 5.69. The van der Waals surface area contributed by atoms with Gasteiger partial charge in [0.25, 0.3) is 0 Å². The van der Waals surface area contributed by atoms with Crippen molar-refractivity contribution in [2.45, 2.75) is 6.61 Å². The number of nitrogens with zero attached hydrogens (tertiary/aromatic N) is 1. The summed E-state index contributed by atoms with van der Waals surface area (Å²) in [5, 5.41) is 0.401. The van der Waals surface area contributed by atoms with Crippen LogP contribution in [0.2, 0.25) is 5.15 Å². The van der Waals surface area contributed by atoms with Crippen LogP contribution in [0.5, 0.6) is 11.5 Å². The van der Waals surface area contributed by atoms with Gasteiger partial charge in [-0.15, -0.1) is 0 Å². The van der Waals surface area contributed by atoms with E-state index in [0.29, 0.717) is 16.5 Å². The van der Waals surface area contributed by atoms with Gasteiger partial charge in [0.1, 0.15) is 17.5 Å². The minimum atomic E-state index is -0.409. The molecule has 0 bridgehead atoms. The molecule has 0 aliphatic rings. The molecule has 0 spiro atoms. The molecule has 1 heterocycles. The van der Waals surface area contributed by atoms with Gasteiger partial charge in [-0.25, -0.2) is 9.37 Å². The molecule has 0 saturated carbocycles. The lowest BCUT2D eigenvalue weighted by molar-refractivity contribution is 0.303. The molecule has 1 aromatic carbocycles. The van der Waals surface area contributed by atoms with Gasteiger partial charge in [-0.3, -0.25) is 0 Å². The van der Waals surface area contributed by atoms with Crippen molar-refractivity contribution in [1.29, 1.82) is 0 Å². The Kier molecular flexibility index (Phi) is 3.99. The molecule has 0 N–H and O–H groups in total. The zero-order chi connectivity index (χ0) is 13.0. The van der Waals surface area contributed by atoms with Gasteiger partial charge in [0, 0.05) is 0 Å². The normalized spacial score (nSPS) is 10.2. The van der Waals surface area contributed by atoms with Crippen molar-refractivity contribution in [1.82, 2.24) is 4.98 Å². The summed E-state index contributed by atoms with van der Waals surface area (Å²) >= 11 is 5.65. The smallest absolute Gasteiger partial charge is 0.165 e. The van der Waals surface area contributed by atoms with Crippen LogP contribution in [0.15, 0.2) is 36.5 Å². The van der Waals surface area contributed by atoms with E-state index in [1.807, 2.05) is 0 Å². The van der Waals surface area contributed by atoms with Crippen LogP contribution in [0.25, 0.3) is 0 Å². The average Bonchev–Trinajstić information content (AvgIpc) is 2.38. The molecule has 0 radical (unpaired) electrons. The summed E-state index contributed by atoms with van der Waals surface area (Å²) in [7, 11) is 1.42. The van der Waals surface area contributed by atoms with Crippen molar-refractivity contribution in [2.24, 2.45) is 0 Å². The molecule has 0 aliphatic carbocycles. The topological polar surface area (TPSA) is 31.4 Å². The maximum absolute atomic E-state index is 13.4. The van der Waals surface area contributed by atoms with Crippen LogP contribution < -0.4 is 9.47 Å². The molecule has 2 rings (SSSR count). The van der Waals surface area contributed by atoms with E-state index in [1.165, 1.54) is 19.4 Å². The molecule has 94 valence electrons. The Hall–Kier alpha value is -1.81.